The second kappa shape index (κ2) is 35.5. The van der Waals surface area contributed by atoms with Crippen molar-refractivity contribution in [1.82, 2.24) is 26.6 Å². The molecular weight excluding hydrogens is 732 g/mol. The van der Waals surface area contributed by atoms with Gasteiger partial charge in [-0.1, -0.05) is 26.7 Å². The second-order valence-electron chi connectivity index (χ2n) is 13.6. The molecule has 11 N–H and O–H groups in total. The molecule has 0 spiro atoms. The van der Waals surface area contributed by atoms with Gasteiger partial charge in [-0.15, -0.1) is 0 Å². The maximum atomic E-state index is 12.4. The largest absolute Gasteiger partial charge is 0.377 e. The second-order valence-corrected chi connectivity index (χ2v) is 13.6. The van der Waals surface area contributed by atoms with Gasteiger partial charge in [-0.05, 0) is 51.5 Å². The first kappa shape index (κ1) is 52.1. The molecule has 0 fully saturated rings. The number of nitrogens with two attached hydrogens (primary N) is 3. The fraction of sp³-hybridized carbons (Fsp3) is 0.811. The summed E-state index contributed by atoms with van der Waals surface area (Å²) in [6.07, 6.45) is 6.40. The van der Waals surface area contributed by atoms with Gasteiger partial charge in [-0.3, -0.25) is 33.6 Å². The van der Waals surface area contributed by atoms with Gasteiger partial charge >= 0.3 is 0 Å². The SMILES string of the molecule is C[C@@H](CCCCNC(=O)CCC(CCN)NC(=O)CCCC(=O)NCCOCCOCC(=O)NCCOCCOCC(=O)NCCCC[C@H](C)C(N)=O)C(N)=O. The Hall–Kier alpha value is -3.91. The number of primary amides is 2. The van der Waals surface area contributed by atoms with Gasteiger partial charge in [0, 0.05) is 63.3 Å². The predicted octanol–water partition coefficient (Wildman–Crippen LogP) is -1.11. The van der Waals surface area contributed by atoms with Gasteiger partial charge in [0.25, 0.3) is 0 Å². The third-order valence-electron chi connectivity index (χ3n) is 8.50. The highest BCUT2D eigenvalue weighted by atomic mass is 16.5. The average molecular weight is 803 g/mol. The molecule has 0 heterocycles. The molecule has 7 amide bonds. The van der Waals surface area contributed by atoms with Crippen molar-refractivity contribution in [3.05, 3.63) is 0 Å². The summed E-state index contributed by atoms with van der Waals surface area (Å²) in [5.41, 5.74) is 16.2. The maximum Gasteiger partial charge on any atom is 0.246 e. The van der Waals surface area contributed by atoms with Crippen molar-refractivity contribution in [3.8, 4) is 0 Å². The summed E-state index contributed by atoms with van der Waals surface area (Å²) in [5, 5.41) is 13.9. The van der Waals surface area contributed by atoms with E-state index in [0.717, 1.165) is 25.7 Å². The van der Waals surface area contributed by atoms with Crippen LogP contribution in [0, 0.1) is 11.8 Å². The van der Waals surface area contributed by atoms with E-state index in [4.69, 9.17) is 36.1 Å². The Morgan fingerprint density at radius 1 is 0.464 bits per heavy atom. The van der Waals surface area contributed by atoms with Gasteiger partial charge in [-0.2, -0.15) is 0 Å². The molecular formula is C37H70N8O11. The lowest BCUT2D eigenvalue weighted by Crippen LogP contribution is -2.37. The molecule has 0 aromatic carbocycles. The van der Waals surface area contributed by atoms with Gasteiger partial charge in [0.1, 0.15) is 13.2 Å². The first-order chi connectivity index (χ1) is 26.8. The van der Waals surface area contributed by atoms with Crippen molar-refractivity contribution >= 4 is 41.4 Å². The molecule has 0 aliphatic heterocycles. The highest BCUT2D eigenvalue weighted by molar-refractivity contribution is 5.80. The van der Waals surface area contributed by atoms with Crippen LogP contribution in [0.1, 0.15) is 90.9 Å². The van der Waals surface area contributed by atoms with Crippen molar-refractivity contribution in [2.24, 2.45) is 29.0 Å². The topological polar surface area (TPSA) is 295 Å². The van der Waals surface area contributed by atoms with Gasteiger partial charge in [0.05, 0.1) is 39.6 Å². The lowest BCUT2D eigenvalue weighted by molar-refractivity contribution is -0.127. The number of hydrogen-bond donors (Lipinski definition) is 8. The molecule has 19 heteroatoms. The Morgan fingerprint density at radius 3 is 1.39 bits per heavy atom. The third-order valence-corrected chi connectivity index (χ3v) is 8.50. The van der Waals surface area contributed by atoms with Crippen LogP contribution in [0.25, 0.3) is 0 Å². The zero-order chi connectivity index (χ0) is 41.8. The minimum Gasteiger partial charge on any atom is -0.377 e. The Kier molecular flexibility index (Phi) is 33.0. The predicted molar refractivity (Wildman–Crippen MR) is 208 cm³/mol. The van der Waals surface area contributed by atoms with E-state index in [1.54, 1.807) is 13.8 Å². The summed E-state index contributed by atoms with van der Waals surface area (Å²) in [6.45, 7) is 6.77. The van der Waals surface area contributed by atoms with Crippen LogP contribution in [-0.4, -0.2) is 133 Å². The molecule has 19 nitrogen and oxygen atoms in total. The summed E-state index contributed by atoms with van der Waals surface area (Å²) in [7, 11) is 0. The van der Waals surface area contributed by atoms with E-state index >= 15 is 0 Å². The van der Waals surface area contributed by atoms with Gasteiger partial charge in [0.2, 0.25) is 41.4 Å². The number of carbonyl (C=O) groups is 7. The number of hydrogen-bond acceptors (Lipinski definition) is 12. The molecule has 56 heavy (non-hydrogen) atoms. The fourth-order valence-corrected chi connectivity index (χ4v) is 4.97. The van der Waals surface area contributed by atoms with Gasteiger partial charge < -0.3 is 62.7 Å². The summed E-state index contributed by atoms with van der Waals surface area (Å²) >= 11 is 0. The van der Waals surface area contributed by atoms with Gasteiger partial charge in [0.15, 0.2) is 0 Å². The highest BCUT2D eigenvalue weighted by Crippen LogP contribution is 2.08. The number of unbranched alkanes of at least 4 members (excludes halogenated alkanes) is 2. The van der Waals surface area contributed by atoms with Crippen LogP contribution >= 0.6 is 0 Å². The van der Waals surface area contributed by atoms with Gasteiger partial charge in [-0.25, -0.2) is 0 Å². The number of amides is 7. The molecule has 1 unspecified atom stereocenters. The molecule has 0 aromatic heterocycles. The fourth-order valence-electron chi connectivity index (χ4n) is 4.97. The minimum atomic E-state index is -0.325. The van der Waals surface area contributed by atoms with Crippen LogP contribution in [0.4, 0.5) is 0 Å². The van der Waals surface area contributed by atoms with Crippen LogP contribution in [0.15, 0.2) is 0 Å². The van der Waals surface area contributed by atoms with Crippen molar-refractivity contribution < 1.29 is 52.5 Å². The first-order valence-corrected chi connectivity index (χ1v) is 19.8. The summed E-state index contributed by atoms with van der Waals surface area (Å²) in [5.74, 6) is -2.05. The Bertz CT molecular complexity index is 1130. The number of nitrogens with one attached hydrogen (secondary N) is 5. The number of rotatable bonds is 38. The minimum absolute atomic E-state index is 0.0794. The summed E-state index contributed by atoms with van der Waals surface area (Å²) < 4.78 is 21.3. The molecule has 3 atom stereocenters. The van der Waals surface area contributed by atoms with Crippen LogP contribution in [0.5, 0.6) is 0 Å². The van der Waals surface area contributed by atoms with E-state index in [0.29, 0.717) is 51.7 Å². The van der Waals surface area contributed by atoms with Crippen molar-refractivity contribution in [2.45, 2.75) is 96.9 Å². The van der Waals surface area contributed by atoms with Crippen LogP contribution < -0.4 is 43.8 Å². The Labute approximate surface area is 331 Å². The maximum absolute atomic E-state index is 12.4. The monoisotopic (exact) mass is 803 g/mol. The van der Waals surface area contributed by atoms with Crippen molar-refractivity contribution in [3.63, 3.8) is 0 Å². The van der Waals surface area contributed by atoms with Crippen LogP contribution in [0.3, 0.4) is 0 Å². The highest BCUT2D eigenvalue weighted by Gasteiger charge is 2.15. The number of ether oxygens (including phenoxy) is 4. The van der Waals surface area contributed by atoms with E-state index in [1.807, 2.05) is 0 Å². The van der Waals surface area contributed by atoms with E-state index in [-0.39, 0.29) is 144 Å². The molecule has 0 bridgehead atoms. The molecule has 0 aliphatic carbocycles. The van der Waals surface area contributed by atoms with Crippen molar-refractivity contribution in [2.75, 3.05) is 85.6 Å². The Balaban J connectivity index is 3.70. The molecule has 0 saturated heterocycles. The molecule has 0 radical (unpaired) electrons. The summed E-state index contributed by atoms with van der Waals surface area (Å²) in [4.78, 5) is 82.4. The van der Waals surface area contributed by atoms with E-state index < -0.39 is 0 Å². The lowest BCUT2D eigenvalue weighted by atomic mass is 10.0. The van der Waals surface area contributed by atoms with E-state index in [1.165, 1.54) is 0 Å². The smallest absolute Gasteiger partial charge is 0.246 e. The van der Waals surface area contributed by atoms with E-state index in [2.05, 4.69) is 26.6 Å². The molecule has 324 valence electrons. The first-order valence-electron chi connectivity index (χ1n) is 19.8. The molecule has 0 aromatic rings. The van der Waals surface area contributed by atoms with E-state index in [9.17, 15) is 33.6 Å². The molecule has 0 rings (SSSR count). The molecule has 0 saturated carbocycles. The zero-order valence-corrected chi connectivity index (χ0v) is 33.6. The lowest BCUT2D eigenvalue weighted by Gasteiger charge is -2.18. The standard InChI is InChI=1S/C37H70N8O11/c1-28(36(39)51)8-3-5-16-41-32(47)13-12-30(14-15-38)45-33(48)11-7-10-31(46)43-18-20-53-22-25-56-27-35(50)44-19-21-54-23-24-55-26-34(49)42-17-6-4-9-29(2)37(40)52/h28-30H,3-27,38H2,1-2H3,(H2,39,51)(H2,40,52)(H,41,47)(H,42,49)(H,43,46)(H,44,50)(H,45,48)/t28-,29-,30?/m0/s1. The van der Waals surface area contributed by atoms with Crippen LogP contribution in [-0.2, 0) is 52.5 Å². The zero-order valence-electron chi connectivity index (χ0n) is 33.6. The van der Waals surface area contributed by atoms with Crippen molar-refractivity contribution in [1.29, 1.82) is 0 Å². The quantitative estimate of drug-likeness (QED) is 0.0345. The number of carbonyl (C=O) groups excluding carboxylic acids is 7. The molecule has 0 aliphatic rings. The Morgan fingerprint density at radius 2 is 0.893 bits per heavy atom. The third kappa shape index (κ3) is 33.4. The average Bonchev–Trinajstić information content (AvgIpc) is 3.15. The normalized spacial score (nSPS) is 12.6. The van der Waals surface area contributed by atoms with Crippen LogP contribution in [0.2, 0.25) is 0 Å². The summed E-state index contributed by atoms with van der Waals surface area (Å²) in [6, 6.07) is -0.237.